The molecule has 1 nitrogen and oxygen atoms in total. The summed E-state index contributed by atoms with van der Waals surface area (Å²) in [6.45, 7) is 6.33. The Balaban J connectivity index is 2.99. The second kappa shape index (κ2) is 17.7. The van der Waals surface area contributed by atoms with Gasteiger partial charge in [0, 0.05) is 13.2 Å². The monoisotopic (exact) mass is 268 g/mol. The van der Waals surface area contributed by atoms with Gasteiger partial charge in [0.15, 0.2) is 0 Å². The molecule has 114 valence electrons. The minimum Gasteiger partial charge on any atom is -0.381 e. The minimum atomic E-state index is 0.934. The maximum absolute atomic E-state index is 5.47. The minimum absolute atomic E-state index is 0.934. The molecule has 0 rings (SSSR count). The molecule has 0 aromatic rings. The molecule has 19 heavy (non-hydrogen) atoms. The van der Waals surface area contributed by atoms with Crippen LogP contribution < -0.4 is 0 Å². The molecule has 0 aromatic carbocycles. The summed E-state index contributed by atoms with van der Waals surface area (Å²) < 4.78 is 5.47. The van der Waals surface area contributed by atoms with E-state index in [1.54, 1.807) is 0 Å². The lowest BCUT2D eigenvalue weighted by Crippen LogP contribution is -1.95. The molecule has 0 saturated carbocycles. The fourth-order valence-electron chi connectivity index (χ4n) is 2.17. The van der Waals surface area contributed by atoms with Crippen LogP contribution in [0.5, 0.6) is 0 Å². The van der Waals surface area contributed by atoms with Gasteiger partial charge in [0.05, 0.1) is 0 Å². The zero-order valence-corrected chi connectivity index (χ0v) is 13.5. The van der Waals surface area contributed by atoms with Crippen molar-refractivity contribution in [2.45, 2.75) is 90.9 Å². The SMILES string of the molecule is CCCCCCC=CCCCCCCCOCCC. The van der Waals surface area contributed by atoms with Crippen molar-refractivity contribution in [2.24, 2.45) is 0 Å². The molecule has 0 bridgehead atoms. The van der Waals surface area contributed by atoms with Crippen LogP contribution in [-0.4, -0.2) is 13.2 Å². The van der Waals surface area contributed by atoms with Crippen molar-refractivity contribution in [1.29, 1.82) is 0 Å². The highest BCUT2D eigenvalue weighted by Crippen LogP contribution is 2.07. The predicted octanol–water partition coefficient (Wildman–Crippen LogP) is 6.28. The maximum Gasteiger partial charge on any atom is 0.0466 e. The molecule has 0 aromatic heterocycles. The Kier molecular flexibility index (Phi) is 17.4. The molecule has 1 heteroatoms. The smallest absolute Gasteiger partial charge is 0.0466 e. The van der Waals surface area contributed by atoms with Crippen LogP contribution in [0.25, 0.3) is 0 Å². The van der Waals surface area contributed by atoms with E-state index in [1.807, 2.05) is 0 Å². The lowest BCUT2D eigenvalue weighted by molar-refractivity contribution is 0.130. The van der Waals surface area contributed by atoms with Gasteiger partial charge in [-0.15, -0.1) is 0 Å². The first-order valence-corrected chi connectivity index (χ1v) is 8.64. The molecule has 0 aliphatic rings. The van der Waals surface area contributed by atoms with E-state index in [0.717, 1.165) is 19.6 Å². The standard InChI is InChI=1S/C18H36O/c1-3-5-6-7-8-9-10-11-12-13-14-15-16-18-19-17-4-2/h9-10H,3-8,11-18H2,1-2H3. The van der Waals surface area contributed by atoms with Crippen LogP contribution in [-0.2, 0) is 4.74 Å². The third kappa shape index (κ3) is 17.7. The Morgan fingerprint density at radius 3 is 1.79 bits per heavy atom. The highest BCUT2D eigenvalue weighted by molar-refractivity contribution is 4.81. The Morgan fingerprint density at radius 1 is 0.579 bits per heavy atom. The van der Waals surface area contributed by atoms with Crippen molar-refractivity contribution in [3.8, 4) is 0 Å². The van der Waals surface area contributed by atoms with Crippen molar-refractivity contribution in [3.05, 3.63) is 12.2 Å². The molecular formula is C18H36O. The second-order valence-corrected chi connectivity index (χ2v) is 5.49. The van der Waals surface area contributed by atoms with Crippen molar-refractivity contribution < 1.29 is 4.74 Å². The first-order chi connectivity index (χ1) is 9.41. The van der Waals surface area contributed by atoms with Crippen LogP contribution in [0.1, 0.15) is 90.9 Å². The van der Waals surface area contributed by atoms with Gasteiger partial charge in [-0.2, -0.15) is 0 Å². The van der Waals surface area contributed by atoms with Crippen LogP contribution >= 0.6 is 0 Å². The number of unbranched alkanes of at least 4 members (excludes halogenated alkanes) is 9. The fourth-order valence-corrected chi connectivity index (χ4v) is 2.17. The zero-order chi connectivity index (χ0) is 14.0. The summed E-state index contributed by atoms with van der Waals surface area (Å²) in [5, 5.41) is 0. The van der Waals surface area contributed by atoms with E-state index in [0.29, 0.717) is 0 Å². The zero-order valence-electron chi connectivity index (χ0n) is 13.5. The predicted molar refractivity (Wildman–Crippen MR) is 86.7 cm³/mol. The molecule has 0 aliphatic carbocycles. The molecule has 0 atom stereocenters. The van der Waals surface area contributed by atoms with Crippen LogP contribution in [0, 0.1) is 0 Å². The van der Waals surface area contributed by atoms with Crippen LogP contribution in [0.4, 0.5) is 0 Å². The van der Waals surface area contributed by atoms with Crippen LogP contribution in [0.15, 0.2) is 12.2 Å². The molecule has 0 aliphatic heterocycles. The highest BCUT2D eigenvalue weighted by Gasteiger charge is 1.91. The van der Waals surface area contributed by atoms with Gasteiger partial charge in [0.25, 0.3) is 0 Å². The summed E-state index contributed by atoms with van der Waals surface area (Å²) in [5.74, 6) is 0. The quantitative estimate of drug-likeness (QED) is 0.251. The van der Waals surface area contributed by atoms with E-state index in [2.05, 4.69) is 26.0 Å². The maximum atomic E-state index is 5.47. The van der Waals surface area contributed by atoms with Gasteiger partial charge in [-0.05, 0) is 38.5 Å². The molecule has 0 amide bonds. The summed E-state index contributed by atoms with van der Waals surface area (Å²) in [7, 11) is 0. The third-order valence-electron chi connectivity index (χ3n) is 3.40. The Morgan fingerprint density at radius 2 is 1.16 bits per heavy atom. The van der Waals surface area contributed by atoms with Crippen LogP contribution in [0.3, 0.4) is 0 Å². The van der Waals surface area contributed by atoms with Crippen LogP contribution in [0.2, 0.25) is 0 Å². The number of hydrogen-bond donors (Lipinski definition) is 0. The molecule has 0 heterocycles. The van der Waals surface area contributed by atoms with Gasteiger partial charge in [-0.1, -0.05) is 64.5 Å². The van der Waals surface area contributed by atoms with Crippen molar-refractivity contribution in [1.82, 2.24) is 0 Å². The van der Waals surface area contributed by atoms with E-state index < -0.39 is 0 Å². The number of allylic oxidation sites excluding steroid dienone is 2. The topological polar surface area (TPSA) is 9.23 Å². The Hall–Kier alpha value is -0.300. The molecule has 0 radical (unpaired) electrons. The highest BCUT2D eigenvalue weighted by atomic mass is 16.5. The van der Waals surface area contributed by atoms with Gasteiger partial charge >= 0.3 is 0 Å². The summed E-state index contributed by atoms with van der Waals surface area (Å²) in [5.41, 5.74) is 0. The largest absolute Gasteiger partial charge is 0.381 e. The summed E-state index contributed by atoms with van der Waals surface area (Å²) in [6, 6.07) is 0. The van der Waals surface area contributed by atoms with Gasteiger partial charge in [0.1, 0.15) is 0 Å². The lowest BCUT2D eigenvalue weighted by atomic mass is 10.1. The van der Waals surface area contributed by atoms with Gasteiger partial charge < -0.3 is 4.74 Å². The first-order valence-electron chi connectivity index (χ1n) is 8.64. The molecule has 0 fully saturated rings. The molecular weight excluding hydrogens is 232 g/mol. The van der Waals surface area contributed by atoms with Gasteiger partial charge in [-0.3, -0.25) is 0 Å². The fraction of sp³-hybridized carbons (Fsp3) is 0.889. The van der Waals surface area contributed by atoms with E-state index in [9.17, 15) is 0 Å². The summed E-state index contributed by atoms with van der Waals surface area (Å²) in [4.78, 5) is 0. The number of rotatable bonds is 15. The summed E-state index contributed by atoms with van der Waals surface area (Å²) in [6.07, 6.45) is 20.7. The summed E-state index contributed by atoms with van der Waals surface area (Å²) >= 11 is 0. The van der Waals surface area contributed by atoms with Crippen molar-refractivity contribution in [2.75, 3.05) is 13.2 Å². The van der Waals surface area contributed by atoms with E-state index in [4.69, 9.17) is 4.74 Å². The van der Waals surface area contributed by atoms with E-state index in [1.165, 1.54) is 70.6 Å². The molecule has 0 unspecified atom stereocenters. The van der Waals surface area contributed by atoms with Gasteiger partial charge in [0.2, 0.25) is 0 Å². The van der Waals surface area contributed by atoms with E-state index in [-0.39, 0.29) is 0 Å². The van der Waals surface area contributed by atoms with Crippen molar-refractivity contribution in [3.63, 3.8) is 0 Å². The molecule has 0 spiro atoms. The second-order valence-electron chi connectivity index (χ2n) is 5.49. The third-order valence-corrected chi connectivity index (χ3v) is 3.40. The Labute approximate surface area is 121 Å². The Bertz CT molecular complexity index is 175. The normalized spacial score (nSPS) is 11.5. The number of ether oxygens (including phenoxy) is 1. The molecule has 0 saturated heterocycles. The average Bonchev–Trinajstić information content (AvgIpc) is 2.43. The first kappa shape index (κ1) is 18.7. The van der Waals surface area contributed by atoms with Gasteiger partial charge in [-0.25, -0.2) is 0 Å². The van der Waals surface area contributed by atoms with Crippen molar-refractivity contribution >= 4 is 0 Å². The number of hydrogen-bond acceptors (Lipinski definition) is 1. The van der Waals surface area contributed by atoms with E-state index >= 15 is 0 Å². The lowest BCUT2D eigenvalue weighted by Gasteiger charge is -2.02. The average molecular weight is 268 g/mol. The molecule has 0 N–H and O–H groups in total.